The molecule has 1 aromatic carbocycles. The Bertz CT molecular complexity index is 638. The van der Waals surface area contributed by atoms with E-state index >= 15 is 0 Å². The van der Waals surface area contributed by atoms with Crippen molar-refractivity contribution in [3.05, 3.63) is 23.8 Å². The quantitative estimate of drug-likeness (QED) is 0.561. The SMILES string of the molecule is CC(C)C[C@@H](C)Cc1ccc(O)c(NC(=O)C(NC(=O)C(C)C)C(C)C)c1. The summed E-state index contributed by atoms with van der Waals surface area (Å²) in [5, 5.41) is 15.7. The highest BCUT2D eigenvalue weighted by Crippen LogP contribution is 2.27. The van der Waals surface area contributed by atoms with E-state index in [0.717, 1.165) is 18.4 Å². The highest BCUT2D eigenvalue weighted by molar-refractivity contribution is 5.98. The maximum Gasteiger partial charge on any atom is 0.247 e. The molecule has 5 nitrogen and oxygen atoms in total. The summed E-state index contributed by atoms with van der Waals surface area (Å²) in [6.07, 6.45) is 2.01. The molecular formula is C22H36N2O3. The molecule has 0 aliphatic carbocycles. The van der Waals surface area contributed by atoms with E-state index in [2.05, 4.69) is 31.4 Å². The molecule has 0 aliphatic heterocycles. The molecule has 152 valence electrons. The van der Waals surface area contributed by atoms with E-state index < -0.39 is 6.04 Å². The van der Waals surface area contributed by atoms with Gasteiger partial charge in [0.2, 0.25) is 11.8 Å². The van der Waals surface area contributed by atoms with Gasteiger partial charge in [-0.1, -0.05) is 54.5 Å². The van der Waals surface area contributed by atoms with Crippen molar-refractivity contribution in [2.24, 2.45) is 23.7 Å². The minimum Gasteiger partial charge on any atom is -0.506 e. The molecule has 0 aromatic heterocycles. The van der Waals surface area contributed by atoms with E-state index in [9.17, 15) is 14.7 Å². The van der Waals surface area contributed by atoms with Crippen LogP contribution in [0.5, 0.6) is 5.75 Å². The van der Waals surface area contributed by atoms with Crippen molar-refractivity contribution in [1.82, 2.24) is 5.32 Å². The van der Waals surface area contributed by atoms with Crippen molar-refractivity contribution >= 4 is 17.5 Å². The first kappa shape index (κ1) is 23.0. The Morgan fingerprint density at radius 1 is 1.00 bits per heavy atom. The van der Waals surface area contributed by atoms with Crippen molar-refractivity contribution in [2.75, 3.05) is 5.32 Å². The van der Waals surface area contributed by atoms with Crippen LogP contribution in [0.15, 0.2) is 18.2 Å². The van der Waals surface area contributed by atoms with E-state index in [4.69, 9.17) is 0 Å². The summed E-state index contributed by atoms with van der Waals surface area (Å²) >= 11 is 0. The molecule has 2 amide bonds. The number of nitrogens with one attached hydrogen (secondary N) is 2. The summed E-state index contributed by atoms with van der Waals surface area (Å²) < 4.78 is 0. The van der Waals surface area contributed by atoms with Gasteiger partial charge in [0.25, 0.3) is 0 Å². The van der Waals surface area contributed by atoms with E-state index in [-0.39, 0.29) is 29.4 Å². The van der Waals surface area contributed by atoms with Gasteiger partial charge in [0.15, 0.2) is 0 Å². The Hall–Kier alpha value is -2.04. The van der Waals surface area contributed by atoms with Crippen molar-refractivity contribution < 1.29 is 14.7 Å². The normalized spacial score (nSPS) is 13.7. The summed E-state index contributed by atoms with van der Waals surface area (Å²) in [6.45, 7) is 14.0. The molecule has 2 atom stereocenters. The topological polar surface area (TPSA) is 78.4 Å². The average molecular weight is 377 g/mol. The Labute approximate surface area is 163 Å². The predicted octanol–water partition coefficient (Wildman–Crippen LogP) is 4.35. The zero-order chi connectivity index (χ0) is 20.7. The average Bonchev–Trinajstić information content (AvgIpc) is 2.53. The number of amides is 2. The molecule has 0 heterocycles. The summed E-state index contributed by atoms with van der Waals surface area (Å²) in [5.74, 6) is 0.439. The van der Waals surface area contributed by atoms with Crippen LogP contribution in [0.1, 0.15) is 60.5 Å². The second-order valence-corrected chi connectivity index (χ2v) is 8.66. The van der Waals surface area contributed by atoms with Crippen LogP contribution in [0.4, 0.5) is 5.69 Å². The summed E-state index contributed by atoms with van der Waals surface area (Å²) in [4.78, 5) is 24.7. The third-order valence-electron chi connectivity index (χ3n) is 4.55. The van der Waals surface area contributed by atoms with Gasteiger partial charge >= 0.3 is 0 Å². The summed E-state index contributed by atoms with van der Waals surface area (Å²) in [6, 6.07) is 4.68. The number of rotatable bonds is 9. The van der Waals surface area contributed by atoms with Gasteiger partial charge in [0.05, 0.1) is 5.69 Å². The van der Waals surface area contributed by atoms with Gasteiger partial charge in [-0.3, -0.25) is 9.59 Å². The van der Waals surface area contributed by atoms with Crippen LogP contribution >= 0.6 is 0 Å². The predicted molar refractivity (Wildman–Crippen MR) is 111 cm³/mol. The van der Waals surface area contributed by atoms with E-state index in [1.54, 1.807) is 19.9 Å². The third-order valence-corrected chi connectivity index (χ3v) is 4.55. The minimum atomic E-state index is -0.650. The fourth-order valence-electron chi connectivity index (χ4n) is 3.17. The Morgan fingerprint density at radius 3 is 2.15 bits per heavy atom. The molecule has 1 rings (SSSR count). The Morgan fingerprint density at radius 2 is 1.63 bits per heavy atom. The van der Waals surface area contributed by atoms with Crippen molar-refractivity contribution in [3.63, 3.8) is 0 Å². The van der Waals surface area contributed by atoms with Gasteiger partial charge < -0.3 is 15.7 Å². The van der Waals surface area contributed by atoms with Crippen LogP contribution in [-0.2, 0) is 16.0 Å². The molecular weight excluding hydrogens is 340 g/mol. The second kappa shape index (κ2) is 10.3. The highest BCUT2D eigenvalue weighted by Gasteiger charge is 2.26. The number of phenols is 1. The fourth-order valence-corrected chi connectivity index (χ4v) is 3.17. The van der Waals surface area contributed by atoms with Gasteiger partial charge in [-0.2, -0.15) is 0 Å². The third kappa shape index (κ3) is 7.61. The lowest BCUT2D eigenvalue weighted by Crippen LogP contribution is -2.48. The largest absolute Gasteiger partial charge is 0.506 e. The number of anilines is 1. The highest BCUT2D eigenvalue weighted by atomic mass is 16.3. The molecule has 0 saturated carbocycles. The lowest BCUT2D eigenvalue weighted by molar-refractivity contribution is -0.129. The molecule has 0 saturated heterocycles. The fraction of sp³-hybridized carbons (Fsp3) is 0.636. The molecule has 0 spiro atoms. The molecule has 0 radical (unpaired) electrons. The zero-order valence-corrected chi connectivity index (χ0v) is 17.8. The first-order chi connectivity index (χ1) is 12.5. The maximum atomic E-state index is 12.7. The van der Waals surface area contributed by atoms with E-state index in [1.165, 1.54) is 0 Å². The first-order valence-electron chi connectivity index (χ1n) is 9.94. The number of hydrogen-bond donors (Lipinski definition) is 3. The number of benzene rings is 1. The molecule has 1 unspecified atom stereocenters. The lowest BCUT2D eigenvalue weighted by atomic mass is 9.92. The molecule has 0 bridgehead atoms. The summed E-state index contributed by atoms with van der Waals surface area (Å²) in [5.41, 5.74) is 1.46. The number of carbonyl (C=O) groups excluding carboxylic acids is 2. The number of aromatic hydroxyl groups is 1. The molecule has 3 N–H and O–H groups in total. The second-order valence-electron chi connectivity index (χ2n) is 8.66. The van der Waals surface area contributed by atoms with Crippen LogP contribution in [0.2, 0.25) is 0 Å². The minimum absolute atomic E-state index is 0.0290. The molecule has 27 heavy (non-hydrogen) atoms. The van der Waals surface area contributed by atoms with Crippen LogP contribution in [0, 0.1) is 23.7 Å². The van der Waals surface area contributed by atoms with Crippen LogP contribution in [0.3, 0.4) is 0 Å². The van der Waals surface area contributed by atoms with Gasteiger partial charge in [0, 0.05) is 5.92 Å². The standard InChI is InChI=1S/C22H36N2O3/c1-13(2)10-16(7)11-17-8-9-19(25)18(12-17)23-22(27)20(14(3)4)24-21(26)15(5)6/h8-9,12-16,20,25H,10-11H2,1-7H3,(H,23,27)(H,24,26)/t16-,20?/m1/s1. The molecule has 1 aromatic rings. The molecule has 5 heteroatoms. The van der Waals surface area contributed by atoms with Crippen molar-refractivity contribution in [2.45, 2.75) is 67.3 Å². The Balaban J connectivity index is 2.90. The monoisotopic (exact) mass is 376 g/mol. The zero-order valence-electron chi connectivity index (χ0n) is 17.8. The van der Waals surface area contributed by atoms with Crippen molar-refractivity contribution in [3.8, 4) is 5.75 Å². The molecule has 0 fully saturated rings. The molecule has 0 aliphatic rings. The van der Waals surface area contributed by atoms with Gasteiger partial charge in [-0.05, 0) is 48.3 Å². The number of carbonyl (C=O) groups is 2. The summed E-state index contributed by atoms with van der Waals surface area (Å²) in [7, 11) is 0. The first-order valence-corrected chi connectivity index (χ1v) is 9.94. The van der Waals surface area contributed by atoms with Crippen LogP contribution in [0.25, 0.3) is 0 Å². The van der Waals surface area contributed by atoms with Crippen molar-refractivity contribution in [1.29, 1.82) is 0 Å². The van der Waals surface area contributed by atoms with Crippen LogP contribution in [-0.4, -0.2) is 23.0 Å². The Kier molecular flexibility index (Phi) is 8.80. The van der Waals surface area contributed by atoms with E-state index in [1.807, 2.05) is 26.0 Å². The van der Waals surface area contributed by atoms with E-state index in [0.29, 0.717) is 17.5 Å². The van der Waals surface area contributed by atoms with Gasteiger partial charge in [-0.15, -0.1) is 0 Å². The number of phenolic OH excluding ortho intramolecular Hbond substituents is 1. The number of hydrogen-bond acceptors (Lipinski definition) is 3. The van der Waals surface area contributed by atoms with Gasteiger partial charge in [0.1, 0.15) is 11.8 Å². The van der Waals surface area contributed by atoms with Gasteiger partial charge in [-0.25, -0.2) is 0 Å². The van der Waals surface area contributed by atoms with Crippen LogP contribution < -0.4 is 10.6 Å². The maximum absolute atomic E-state index is 12.7. The smallest absolute Gasteiger partial charge is 0.247 e. The lowest BCUT2D eigenvalue weighted by Gasteiger charge is -2.23.